The van der Waals surface area contributed by atoms with Gasteiger partial charge in [-0.3, -0.25) is 4.79 Å². The van der Waals surface area contributed by atoms with Crippen molar-refractivity contribution in [2.45, 2.75) is 26.4 Å². The zero-order valence-corrected chi connectivity index (χ0v) is 12.9. The second-order valence-electron chi connectivity index (χ2n) is 4.81. The summed E-state index contributed by atoms with van der Waals surface area (Å²) < 4.78 is 13.2. The van der Waals surface area contributed by atoms with Crippen molar-refractivity contribution in [2.24, 2.45) is 5.73 Å². The Labute approximate surface area is 127 Å². The summed E-state index contributed by atoms with van der Waals surface area (Å²) in [6, 6.07) is 6.07. The molecule has 0 fully saturated rings. The van der Waals surface area contributed by atoms with E-state index in [1.807, 2.05) is 13.8 Å². The number of hydrogen-bond donors (Lipinski definition) is 1. The van der Waals surface area contributed by atoms with Crippen molar-refractivity contribution < 1.29 is 9.18 Å². The van der Waals surface area contributed by atoms with Crippen LogP contribution in [0, 0.1) is 5.82 Å². The molecule has 2 aromatic rings. The van der Waals surface area contributed by atoms with E-state index in [0.717, 1.165) is 10.6 Å². The molecule has 0 spiro atoms. The number of rotatable bonds is 5. The summed E-state index contributed by atoms with van der Waals surface area (Å²) in [6.07, 6.45) is 0. The molecule has 0 saturated heterocycles. The van der Waals surface area contributed by atoms with E-state index in [0.29, 0.717) is 18.8 Å². The van der Waals surface area contributed by atoms with Gasteiger partial charge < -0.3 is 10.6 Å². The first-order valence-corrected chi connectivity index (χ1v) is 7.64. The Morgan fingerprint density at radius 2 is 2.29 bits per heavy atom. The quantitative estimate of drug-likeness (QED) is 0.924. The second kappa shape index (κ2) is 6.78. The molecule has 1 amide bonds. The Morgan fingerprint density at radius 3 is 2.86 bits per heavy atom. The largest absolute Gasteiger partial charge is 0.333 e. The summed E-state index contributed by atoms with van der Waals surface area (Å²) in [5, 5.41) is 2.45. The highest BCUT2D eigenvalue weighted by atomic mass is 32.1. The van der Waals surface area contributed by atoms with Crippen molar-refractivity contribution in [2.75, 3.05) is 6.54 Å². The van der Waals surface area contributed by atoms with Gasteiger partial charge in [-0.2, -0.15) is 0 Å². The molecule has 0 aliphatic heterocycles. The van der Waals surface area contributed by atoms with E-state index in [1.165, 1.54) is 23.5 Å². The third kappa shape index (κ3) is 3.86. The molecule has 1 unspecified atom stereocenters. The monoisotopic (exact) mass is 307 g/mol. The zero-order chi connectivity index (χ0) is 15.4. The molecule has 0 aliphatic carbocycles. The number of amides is 1. The predicted octanol–water partition coefficient (Wildman–Crippen LogP) is 2.96. The maximum atomic E-state index is 13.2. The molecule has 0 bridgehead atoms. The molecule has 112 valence electrons. The minimum atomic E-state index is -0.302. The van der Waals surface area contributed by atoms with Gasteiger partial charge in [0, 0.05) is 18.5 Å². The van der Waals surface area contributed by atoms with Crippen molar-refractivity contribution >= 4 is 17.2 Å². The van der Waals surface area contributed by atoms with Crippen LogP contribution in [-0.4, -0.2) is 22.3 Å². The minimum absolute atomic E-state index is 0.162. The first kappa shape index (κ1) is 15.6. The lowest BCUT2D eigenvalue weighted by Gasteiger charge is -2.20. The Hall–Kier alpha value is -1.79. The molecule has 4 nitrogen and oxygen atoms in total. The molecule has 2 rings (SSSR count). The second-order valence-corrected chi connectivity index (χ2v) is 5.70. The predicted molar refractivity (Wildman–Crippen MR) is 81.5 cm³/mol. The zero-order valence-electron chi connectivity index (χ0n) is 12.0. The summed E-state index contributed by atoms with van der Waals surface area (Å²) in [5.41, 5.74) is 6.91. The number of nitrogens with zero attached hydrogens (tertiary/aromatic N) is 2. The number of benzene rings is 1. The van der Waals surface area contributed by atoms with Crippen LogP contribution in [0.4, 0.5) is 4.39 Å². The van der Waals surface area contributed by atoms with Gasteiger partial charge in [-0.15, -0.1) is 11.3 Å². The summed E-state index contributed by atoms with van der Waals surface area (Å²) >= 11 is 1.38. The van der Waals surface area contributed by atoms with Gasteiger partial charge in [-0.25, -0.2) is 9.37 Å². The Kier molecular flexibility index (Phi) is 5.03. The average Bonchev–Trinajstić information content (AvgIpc) is 2.94. The standard InChI is InChI=1S/C15H18FN3OS/c1-3-19(8-11-5-4-6-12(16)7-11)15(20)13-9-21-14(18-13)10(2)17/h4-7,9-10H,3,8,17H2,1-2H3. The maximum absolute atomic E-state index is 13.2. The number of nitrogens with two attached hydrogens (primary N) is 1. The van der Waals surface area contributed by atoms with Crippen LogP contribution in [-0.2, 0) is 6.54 Å². The number of thiazole rings is 1. The fourth-order valence-electron chi connectivity index (χ4n) is 1.94. The Morgan fingerprint density at radius 1 is 1.52 bits per heavy atom. The lowest BCUT2D eigenvalue weighted by Crippen LogP contribution is -2.30. The molecule has 0 saturated carbocycles. The first-order chi connectivity index (χ1) is 10.0. The van der Waals surface area contributed by atoms with E-state index >= 15 is 0 Å². The molecule has 6 heteroatoms. The van der Waals surface area contributed by atoms with E-state index in [1.54, 1.807) is 22.4 Å². The summed E-state index contributed by atoms with van der Waals surface area (Å²) in [7, 11) is 0. The molecule has 1 aromatic carbocycles. The number of halogens is 1. The van der Waals surface area contributed by atoms with E-state index in [9.17, 15) is 9.18 Å². The number of carbonyl (C=O) groups excluding carboxylic acids is 1. The molecule has 21 heavy (non-hydrogen) atoms. The molecule has 0 radical (unpaired) electrons. The van der Waals surface area contributed by atoms with Crippen molar-refractivity contribution in [1.82, 2.24) is 9.88 Å². The summed E-state index contributed by atoms with van der Waals surface area (Å²) in [4.78, 5) is 18.3. The SMILES string of the molecule is CCN(Cc1cccc(F)c1)C(=O)c1csc(C(C)N)n1. The number of carbonyl (C=O) groups is 1. The van der Waals surface area contributed by atoms with Gasteiger partial charge in [-0.1, -0.05) is 12.1 Å². The lowest BCUT2D eigenvalue weighted by molar-refractivity contribution is 0.0747. The van der Waals surface area contributed by atoms with Crippen molar-refractivity contribution in [3.05, 3.63) is 51.7 Å². The van der Waals surface area contributed by atoms with Crippen LogP contribution < -0.4 is 5.73 Å². The van der Waals surface area contributed by atoms with Gasteiger partial charge in [0.05, 0.1) is 6.04 Å². The van der Waals surface area contributed by atoms with Crippen LogP contribution in [0.1, 0.15) is 40.9 Å². The molecular weight excluding hydrogens is 289 g/mol. The average molecular weight is 307 g/mol. The third-order valence-corrected chi connectivity index (χ3v) is 4.11. The van der Waals surface area contributed by atoms with Gasteiger partial charge >= 0.3 is 0 Å². The Bertz CT molecular complexity index is 627. The van der Waals surface area contributed by atoms with Crippen LogP contribution in [0.2, 0.25) is 0 Å². The highest BCUT2D eigenvalue weighted by Crippen LogP contribution is 2.18. The van der Waals surface area contributed by atoms with Gasteiger partial charge in [0.25, 0.3) is 5.91 Å². The number of hydrogen-bond acceptors (Lipinski definition) is 4. The molecular formula is C15H18FN3OS. The first-order valence-electron chi connectivity index (χ1n) is 6.76. The summed E-state index contributed by atoms with van der Waals surface area (Å²) in [5.74, 6) is -0.464. The molecule has 1 heterocycles. The third-order valence-electron chi connectivity index (χ3n) is 3.06. The molecule has 0 aliphatic rings. The van der Waals surface area contributed by atoms with Crippen LogP contribution in [0.15, 0.2) is 29.6 Å². The van der Waals surface area contributed by atoms with Crippen LogP contribution in [0.3, 0.4) is 0 Å². The van der Waals surface area contributed by atoms with Crippen molar-refractivity contribution in [1.29, 1.82) is 0 Å². The van der Waals surface area contributed by atoms with Crippen molar-refractivity contribution in [3.8, 4) is 0 Å². The smallest absolute Gasteiger partial charge is 0.273 e. The van der Waals surface area contributed by atoms with Crippen LogP contribution >= 0.6 is 11.3 Å². The van der Waals surface area contributed by atoms with E-state index < -0.39 is 0 Å². The van der Waals surface area contributed by atoms with Gasteiger partial charge in [0.15, 0.2) is 0 Å². The van der Waals surface area contributed by atoms with Gasteiger partial charge in [0.2, 0.25) is 0 Å². The molecule has 1 aromatic heterocycles. The molecule has 2 N–H and O–H groups in total. The van der Waals surface area contributed by atoms with Gasteiger partial charge in [-0.05, 0) is 31.5 Å². The van der Waals surface area contributed by atoms with Crippen molar-refractivity contribution in [3.63, 3.8) is 0 Å². The van der Waals surface area contributed by atoms with Crippen LogP contribution in [0.5, 0.6) is 0 Å². The highest BCUT2D eigenvalue weighted by molar-refractivity contribution is 7.09. The number of aromatic nitrogens is 1. The normalized spacial score (nSPS) is 12.2. The van der Waals surface area contributed by atoms with Crippen LogP contribution in [0.25, 0.3) is 0 Å². The topological polar surface area (TPSA) is 59.2 Å². The highest BCUT2D eigenvalue weighted by Gasteiger charge is 2.18. The minimum Gasteiger partial charge on any atom is -0.333 e. The maximum Gasteiger partial charge on any atom is 0.273 e. The van der Waals surface area contributed by atoms with Gasteiger partial charge in [0.1, 0.15) is 16.5 Å². The fraction of sp³-hybridized carbons (Fsp3) is 0.333. The van der Waals surface area contributed by atoms with E-state index in [2.05, 4.69) is 4.98 Å². The van der Waals surface area contributed by atoms with E-state index in [-0.39, 0.29) is 17.8 Å². The summed E-state index contributed by atoms with van der Waals surface area (Å²) in [6.45, 7) is 4.60. The molecule has 1 atom stereocenters. The Balaban J connectivity index is 2.14. The fourth-order valence-corrected chi connectivity index (χ4v) is 2.69. The van der Waals surface area contributed by atoms with E-state index in [4.69, 9.17) is 5.73 Å². The lowest BCUT2D eigenvalue weighted by atomic mass is 10.2.